The largest absolute Gasteiger partial charge is 0.497 e. The molecule has 0 saturated carbocycles. The van der Waals surface area contributed by atoms with Crippen molar-refractivity contribution in [3.05, 3.63) is 53.6 Å². The first kappa shape index (κ1) is 20.9. The molecule has 2 aromatic carbocycles. The van der Waals surface area contributed by atoms with Crippen LogP contribution in [0.2, 0.25) is 0 Å². The smallest absolute Gasteiger partial charge is 0.227 e. The Morgan fingerprint density at radius 2 is 1.90 bits per heavy atom. The summed E-state index contributed by atoms with van der Waals surface area (Å²) in [5.41, 5.74) is 3.73. The molecule has 162 valence electrons. The van der Waals surface area contributed by atoms with E-state index in [1.54, 1.807) is 23.8 Å². The van der Waals surface area contributed by atoms with E-state index in [0.717, 1.165) is 34.7 Å². The van der Waals surface area contributed by atoms with Crippen LogP contribution in [0.3, 0.4) is 0 Å². The van der Waals surface area contributed by atoms with Crippen LogP contribution < -0.4 is 19.9 Å². The lowest BCUT2D eigenvalue weighted by atomic mass is 10.0. The van der Waals surface area contributed by atoms with Crippen LogP contribution in [-0.4, -0.2) is 37.9 Å². The quantitative estimate of drug-likeness (QED) is 0.805. The van der Waals surface area contributed by atoms with Crippen molar-refractivity contribution in [3.8, 4) is 5.75 Å². The summed E-state index contributed by atoms with van der Waals surface area (Å²) in [7, 11) is 1.61. The maximum Gasteiger partial charge on any atom is 0.227 e. The number of carbonyl (C=O) groups excluding carboxylic acids is 3. The van der Waals surface area contributed by atoms with Gasteiger partial charge in [0, 0.05) is 37.8 Å². The number of methoxy groups -OCH3 is 1. The fraction of sp³-hybridized carbons (Fsp3) is 0.375. The van der Waals surface area contributed by atoms with Crippen molar-refractivity contribution in [1.82, 2.24) is 5.32 Å². The Hall–Kier alpha value is -3.35. The standard InChI is InChI=1S/C24H27N3O4/c1-15(17-4-7-21(31-3)8-5-17)25-24(30)19-13-23(29)27(14-19)20-6-9-22-18(12-20)10-11-26(22)16(2)28/h4-9,12,15,19H,10-11,13-14H2,1-3H3,(H,25,30)/t15-,19-/m1/s1. The van der Waals surface area contributed by atoms with Crippen molar-refractivity contribution < 1.29 is 19.1 Å². The Balaban J connectivity index is 1.42. The summed E-state index contributed by atoms with van der Waals surface area (Å²) < 4.78 is 5.17. The molecule has 7 nitrogen and oxygen atoms in total. The van der Waals surface area contributed by atoms with Crippen molar-refractivity contribution in [3.63, 3.8) is 0 Å². The van der Waals surface area contributed by atoms with E-state index in [9.17, 15) is 14.4 Å². The first-order chi connectivity index (χ1) is 14.9. The van der Waals surface area contributed by atoms with E-state index in [1.165, 1.54) is 0 Å². The highest BCUT2D eigenvalue weighted by molar-refractivity contribution is 6.01. The van der Waals surface area contributed by atoms with Crippen molar-refractivity contribution in [2.75, 3.05) is 30.0 Å². The fourth-order valence-corrected chi connectivity index (χ4v) is 4.32. The number of fused-ring (bicyclic) bond motifs is 1. The van der Waals surface area contributed by atoms with Gasteiger partial charge in [0.05, 0.1) is 19.1 Å². The molecule has 2 aromatic rings. The normalized spacial score (nSPS) is 18.7. The Kier molecular flexibility index (Phi) is 5.67. The lowest BCUT2D eigenvalue weighted by Gasteiger charge is -2.20. The van der Waals surface area contributed by atoms with Crippen LogP contribution in [0.25, 0.3) is 0 Å². The number of rotatable bonds is 5. The molecule has 0 bridgehead atoms. The highest BCUT2D eigenvalue weighted by atomic mass is 16.5. The zero-order valence-electron chi connectivity index (χ0n) is 18.1. The molecule has 0 unspecified atom stereocenters. The molecule has 0 radical (unpaired) electrons. The molecule has 0 aromatic heterocycles. The predicted molar refractivity (Wildman–Crippen MR) is 118 cm³/mol. The minimum absolute atomic E-state index is 0.0199. The molecule has 1 saturated heterocycles. The summed E-state index contributed by atoms with van der Waals surface area (Å²) >= 11 is 0. The van der Waals surface area contributed by atoms with E-state index in [1.807, 2.05) is 49.4 Å². The number of hydrogen-bond donors (Lipinski definition) is 1. The molecule has 7 heteroatoms. The van der Waals surface area contributed by atoms with Gasteiger partial charge in [-0.3, -0.25) is 14.4 Å². The van der Waals surface area contributed by atoms with Gasteiger partial charge in [-0.15, -0.1) is 0 Å². The SMILES string of the molecule is COc1ccc([C@@H](C)NC(=O)[C@@H]2CC(=O)N(c3ccc4c(c3)CCN4C(C)=O)C2)cc1. The fourth-order valence-electron chi connectivity index (χ4n) is 4.32. The number of nitrogens with zero attached hydrogens (tertiary/aromatic N) is 2. The molecule has 0 spiro atoms. The second-order valence-corrected chi connectivity index (χ2v) is 8.14. The van der Waals surface area contributed by atoms with E-state index >= 15 is 0 Å². The van der Waals surface area contributed by atoms with Crippen molar-refractivity contribution in [2.45, 2.75) is 32.7 Å². The Morgan fingerprint density at radius 1 is 1.16 bits per heavy atom. The second-order valence-electron chi connectivity index (χ2n) is 8.14. The average Bonchev–Trinajstić information content (AvgIpc) is 3.36. The molecule has 3 amide bonds. The maximum absolute atomic E-state index is 12.8. The van der Waals surface area contributed by atoms with E-state index < -0.39 is 5.92 Å². The average molecular weight is 421 g/mol. The van der Waals surface area contributed by atoms with Crippen LogP contribution in [0, 0.1) is 5.92 Å². The number of amides is 3. The number of benzene rings is 2. The Morgan fingerprint density at radius 3 is 2.58 bits per heavy atom. The van der Waals surface area contributed by atoms with E-state index in [-0.39, 0.29) is 30.2 Å². The van der Waals surface area contributed by atoms with Crippen molar-refractivity contribution >= 4 is 29.1 Å². The molecule has 1 N–H and O–H groups in total. The number of hydrogen-bond acceptors (Lipinski definition) is 4. The Labute approximate surface area is 182 Å². The number of anilines is 2. The molecular weight excluding hydrogens is 394 g/mol. The van der Waals surface area contributed by atoms with Gasteiger partial charge in [0.1, 0.15) is 5.75 Å². The Bertz CT molecular complexity index is 1020. The summed E-state index contributed by atoms with van der Waals surface area (Å²) in [6.45, 7) is 4.50. The van der Waals surface area contributed by atoms with E-state index in [4.69, 9.17) is 4.74 Å². The zero-order valence-corrected chi connectivity index (χ0v) is 18.1. The molecular formula is C24H27N3O4. The third-order valence-electron chi connectivity index (χ3n) is 6.12. The lowest BCUT2D eigenvalue weighted by Crippen LogP contribution is -2.34. The van der Waals surface area contributed by atoms with E-state index in [0.29, 0.717) is 13.1 Å². The number of ether oxygens (including phenoxy) is 1. The van der Waals surface area contributed by atoms with Gasteiger partial charge in [0.2, 0.25) is 17.7 Å². The van der Waals surface area contributed by atoms with Gasteiger partial charge < -0.3 is 19.9 Å². The summed E-state index contributed by atoms with van der Waals surface area (Å²) in [5, 5.41) is 3.03. The van der Waals surface area contributed by atoms with E-state index in [2.05, 4.69) is 5.32 Å². The third-order valence-corrected chi connectivity index (χ3v) is 6.12. The molecule has 2 heterocycles. The molecule has 2 atom stereocenters. The van der Waals surface area contributed by atoms with Crippen molar-refractivity contribution in [2.24, 2.45) is 5.92 Å². The van der Waals surface area contributed by atoms with Crippen LogP contribution in [0.4, 0.5) is 11.4 Å². The first-order valence-electron chi connectivity index (χ1n) is 10.5. The third kappa shape index (κ3) is 4.13. The second kappa shape index (κ2) is 8.41. The minimum Gasteiger partial charge on any atom is -0.497 e. The van der Waals surface area contributed by atoms with Crippen molar-refractivity contribution in [1.29, 1.82) is 0 Å². The lowest BCUT2D eigenvalue weighted by molar-refractivity contribution is -0.126. The predicted octanol–water partition coefficient (Wildman–Crippen LogP) is 2.83. The monoisotopic (exact) mass is 421 g/mol. The minimum atomic E-state index is -0.393. The highest BCUT2D eigenvalue weighted by Crippen LogP contribution is 2.34. The molecule has 2 aliphatic rings. The molecule has 0 aliphatic carbocycles. The first-order valence-corrected chi connectivity index (χ1v) is 10.5. The summed E-state index contributed by atoms with van der Waals surface area (Å²) in [5.74, 6) is 0.211. The zero-order chi connectivity index (χ0) is 22.1. The summed E-state index contributed by atoms with van der Waals surface area (Å²) in [4.78, 5) is 40.7. The van der Waals surface area contributed by atoms with Crippen LogP contribution in [0.5, 0.6) is 5.75 Å². The molecule has 31 heavy (non-hydrogen) atoms. The van der Waals surface area contributed by atoms with Gasteiger partial charge in [0.25, 0.3) is 0 Å². The number of carbonyl (C=O) groups is 3. The van der Waals surface area contributed by atoms with Gasteiger partial charge >= 0.3 is 0 Å². The van der Waals surface area contributed by atoms with Gasteiger partial charge in [-0.05, 0) is 54.8 Å². The topological polar surface area (TPSA) is 79.0 Å². The van der Waals surface area contributed by atoms with Gasteiger partial charge in [-0.1, -0.05) is 12.1 Å². The van der Waals surface area contributed by atoms with Crippen LogP contribution in [0.15, 0.2) is 42.5 Å². The van der Waals surface area contributed by atoms with Gasteiger partial charge in [-0.25, -0.2) is 0 Å². The maximum atomic E-state index is 12.8. The van der Waals surface area contributed by atoms with Gasteiger partial charge in [-0.2, -0.15) is 0 Å². The van der Waals surface area contributed by atoms with Crippen LogP contribution >= 0.6 is 0 Å². The molecule has 4 rings (SSSR count). The summed E-state index contributed by atoms with van der Waals surface area (Å²) in [6, 6.07) is 13.1. The summed E-state index contributed by atoms with van der Waals surface area (Å²) in [6.07, 6.45) is 0.964. The molecule has 1 fully saturated rings. The van der Waals surface area contributed by atoms with Crippen LogP contribution in [0.1, 0.15) is 37.4 Å². The highest BCUT2D eigenvalue weighted by Gasteiger charge is 2.36. The molecule has 2 aliphatic heterocycles. The number of nitrogens with one attached hydrogen (secondary N) is 1. The van der Waals surface area contributed by atoms with Crippen LogP contribution in [-0.2, 0) is 20.8 Å². The van der Waals surface area contributed by atoms with Gasteiger partial charge in [0.15, 0.2) is 0 Å².